The van der Waals surface area contributed by atoms with Gasteiger partial charge in [-0.15, -0.1) is 29.1 Å². The van der Waals surface area contributed by atoms with Crippen LogP contribution >= 0.6 is 47.6 Å². The lowest BCUT2D eigenvalue weighted by Gasteiger charge is -2.21. The Morgan fingerprint density at radius 2 is 0.764 bits per heavy atom. The Balaban J connectivity index is 0.00000880. The highest BCUT2D eigenvalue weighted by molar-refractivity contribution is 8.04. The van der Waals surface area contributed by atoms with Gasteiger partial charge >= 0.3 is 20.8 Å². The maximum absolute atomic E-state index is 13.7. The van der Waals surface area contributed by atoms with Gasteiger partial charge < -0.3 is 37.7 Å². The molecule has 0 radical (unpaired) electrons. The zero-order valence-corrected chi connectivity index (χ0v) is 60.4. The van der Waals surface area contributed by atoms with Gasteiger partial charge in [-0.1, -0.05) is 10.1 Å². The fraction of sp³-hybridized carbons (Fsp3) is 0.111. The summed E-state index contributed by atoms with van der Waals surface area (Å²) in [6.07, 6.45) is 3.75. The van der Waals surface area contributed by atoms with Gasteiger partial charge in [-0.2, -0.15) is 54.1 Å². The van der Waals surface area contributed by atoms with Crippen LogP contribution in [-0.4, -0.2) is 148 Å². The van der Waals surface area contributed by atoms with E-state index in [1.807, 2.05) is 12.2 Å². The molecule has 106 heavy (non-hydrogen) atoms. The van der Waals surface area contributed by atoms with Crippen LogP contribution in [0.3, 0.4) is 0 Å². The number of fused-ring (bicyclic) bond motifs is 2. The lowest BCUT2D eigenvalue weighted by atomic mass is 10.1. The SMILES string of the molecule is Nc1c(N=Nc2ccc(S(=O)(=O)CCN(CCO)CCS(=O)(=O)c3ccc(N=Nc4c(S(=O)(=O)O)cc5cc(SOOO)c(N=Nc6ccc(SC#COOS(=O)(=O)O)cc6)c(O)c5c4N)cc3)cc2)c(S(=O)(=O)O)cc2cc(SOOO)c(N=Nc3ccc(SC#COOS(=O)(=O)O)cc3)c(O)c12.O.O. The number of azo groups is 4. The average molecular weight is 1670 g/mol. The minimum Gasteiger partial charge on any atom is -0.505 e. The van der Waals surface area contributed by atoms with Gasteiger partial charge in [0, 0.05) is 39.9 Å². The second kappa shape index (κ2) is 37.5. The number of hydrogen-bond acceptors (Lipinski definition) is 40. The molecule has 0 saturated carbocycles. The Morgan fingerprint density at radius 1 is 0.443 bits per heavy atom. The van der Waals surface area contributed by atoms with Crippen molar-refractivity contribution < 1.29 is 143 Å². The van der Waals surface area contributed by atoms with Crippen LogP contribution in [0.1, 0.15) is 0 Å². The first-order valence-corrected chi connectivity index (χ1v) is 39.5. The van der Waals surface area contributed by atoms with Crippen molar-refractivity contribution in [2.75, 3.05) is 49.2 Å². The number of nitrogens with two attached hydrogens (primary N) is 2. The first-order valence-electron chi connectivity index (χ1n) is 27.4. The molecule has 17 N–H and O–H groups in total. The second-order valence-electron chi connectivity index (χ2n) is 19.8. The van der Waals surface area contributed by atoms with E-state index < -0.39 is 123 Å². The van der Waals surface area contributed by atoms with E-state index in [-0.39, 0.29) is 130 Å². The lowest BCUT2D eigenvalue weighted by molar-refractivity contribution is -0.432. The van der Waals surface area contributed by atoms with E-state index in [9.17, 15) is 74.9 Å². The minimum absolute atomic E-state index is 0. The Morgan fingerprint density at radius 3 is 1.07 bits per heavy atom. The number of anilines is 2. The van der Waals surface area contributed by atoms with Crippen LogP contribution in [0.15, 0.2) is 201 Å². The van der Waals surface area contributed by atoms with Crippen molar-refractivity contribution in [3.05, 3.63) is 121 Å². The van der Waals surface area contributed by atoms with E-state index in [2.05, 4.69) is 88.6 Å². The molecule has 0 aromatic heterocycles. The van der Waals surface area contributed by atoms with Gasteiger partial charge in [0.25, 0.3) is 20.2 Å². The molecule has 8 aromatic rings. The molecule has 0 amide bonds. The van der Waals surface area contributed by atoms with Gasteiger partial charge in [0.15, 0.2) is 43.4 Å². The number of phenolic OH excluding ortho intramolecular Hbond substituents is 2. The monoisotopic (exact) mass is 1670 g/mol. The summed E-state index contributed by atoms with van der Waals surface area (Å²) in [5, 5.41) is 94.1. The molecule has 8 aromatic carbocycles. The van der Waals surface area contributed by atoms with Gasteiger partial charge in [0.05, 0.1) is 107 Å². The summed E-state index contributed by atoms with van der Waals surface area (Å²) in [7, 11) is -28.5. The van der Waals surface area contributed by atoms with Crippen molar-refractivity contribution in [1.29, 1.82) is 0 Å². The Bertz CT molecular complexity index is 5200. The molecular weight excluding hydrogens is 1620 g/mol. The number of aliphatic hydroxyl groups is 1. The molecule has 0 unspecified atom stereocenters. The largest absolute Gasteiger partial charge is 0.505 e. The predicted molar refractivity (Wildman–Crippen MR) is 373 cm³/mol. The number of phenols is 2. The molecular formula is C54H49N11O31S10. The van der Waals surface area contributed by atoms with Crippen molar-refractivity contribution >= 4 is 187 Å². The number of hydrogen-bond donors (Lipinski definition) is 11. The number of nitrogens with zero attached hydrogens (tertiary/aromatic N) is 9. The topological polar surface area (TPSA) is 678 Å². The summed E-state index contributed by atoms with van der Waals surface area (Å²) in [6, 6.07) is 24.9. The second-order valence-corrected chi connectivity index (χ2v) is 32.0. The molecule has 42 nitrogen and oxygen atoms in total. The highest BCUT2D eigenvalue weighted by atomic mass is 32.3. The van der Waals surface area contributed by atoms with Crippen LogP contribution in [0.4, 0.5) is 56.9 Å². The number of aliphatic hydroxyl groups excluding tert-OH is 1. The average Bonchev–Trinajstić information content (AvgIpc) is 0.753. The van der Waals surface area contributed by atoms with Crippen LogP contribution in [0.25, 0.3) is 21.5 Å². The highest BCUT2D eigenvalue weighted by Crippen LogP contribution is 2.52. The smallest absolute Gasteiger partial charge is 0.433 e. The first-order chi connectivity index (χ1) is 49.1. The summed E-state index contributed by atoms with van der Waals surface area (Å²) in [4.78, 5) is 7.72. The van der Waals surface area contributed by atoms with Crippen molar-refractivity contribution in [3.63, 3.8) is 0 Å². The first kappa shape index (κ1) is 86.0. The van der Waals surface area contributed by atoms with E-state index in [0.717, 1.165) is 59.9 Å². The predicted octanol–water partition coefficient (Wildman–Crippen LogP) is 9.00. The van der Waals surface area contributed by atoms with Crippen molar-refractivity contribution in [3.8, 4) is 34.2 Å². The zero-order valence-electron chi connectivity index (χ0n) is 52.2. The van der Waals surface area contributed by atoms with Crippen LogP contribution in [0.5, 0.6) is 11.5 Å². The molecule has 566 valence electrons. The number of thioether (sulfide) groups is 2. The fourth-order valence-corrected chi connectivity index (χ4v) is 14.7. The van der Waals surface area contributed by atoms with Crippen molar-refractivity contribution in [2.45, 2.75) is 39.2 Å². The molecule has 0 atom stereocenters. The van der Waals surface area contributed by atoms with Gasteiger partial charge in [-0.25, -0.2) is 27.4 Å². The summed E-state index contributed by atoms with van der Waals surface area (Å²) >= 11 is 2.24. The number of nitrogen functional groups attached to an aromatic ring is 2. The van der Waals surface area contributed by atoms with Crippen molar-refractivity contribution in [2.24, 2.45) is 40.9 Å². The third-order valence-electron chi connectivity index (χ3n) is 13.1. The molecule has 0 aliphatic carbocycles. The molecule has 0 bridgehead atoms. The van der Waals surface area contributed by atoms with Gasteiger partial charge in [0.2, 0.25) is 0 Å². The third kappa shape index (κ3) is 23.8. The number of rotatable bonds is 32. The molecule has 8 rings (SSSR count). The normalized spacial score (nSPS) is 12.4. The van der Waals surface area contributed by atoms with Crippen LogP contribution in [0.2, 0.25) is 0 Å². The zero-order chi connectivity index (χ0) is 75.8. The maximum atomic E-state index is 13.7. The third-order valence-corrected chi connectivity index (χ3v) is 21.4. The molecule has 0 saturated heterocycles. The Labute approximate surface area is 614 Å². The molecule has 0 fully saturated rings. The summed E-state index contributed by atoms with van der Waals surface area (Å²) < 4.78 is 202. The maximum Gasteiger partial charge on any atom is 0.433 e. The summed E-state index contributed by atoms with van der Waals surface area (Å²) in [5.74, 6) is -2.74. The van der Waals surface area contributed by atoms with E-state index >= 15 is 0 Å². The van der Waals surface area contributed by atoms with Crippen LogP contribution in [-0.2, 0) is 97.9 Å². The lowest BCUT2D eigenvalue weighted by Crippen LogP contribution is -2.35. The summed E-state index contributed by atoms with van der Waals surface area (Å²) in [6.45, 7) is -1.28. The van der Waals surface area contributed by atoms with Gasteiger partial charge in [-0.05, 0) is 164 Å². The highest BCUT2D eigenvalue weighted by Gasteiger charge is 2.29. The van der Waals surface area contributed by atoms with Gasteiger partial charge in [0.1, 0.15) is 32.5 Å². The number of benzene rings is 8. The number of sulfone groups is 2. The Kier molecular flexibility index (Phi) is 30.5. The molecule has 0 heterocycles. The number of aromatic hydroxyl groups is 2. The quantitative estimate of drug-likeness (QED) is 0.00274. The van der Waals surface area contributed by atoms with Gasteiger partial charge in [-0.3, -0.25) is 32.9 Å². The van der Waals surface area contributed by atoms with E-state index in [1.165, 1.54) is 89.8 Å². The van der Waals surface area contributed by atoms with E-state index in [1.54, 1.807) is 0 Å². The Hall–Kier alpha value is -8.94. The fourth-order valence-electron chi connectivity index (χ4n) is 8.60. The van der Waals surface area contributed by atoms with Crippen LogP contribution < -0.4 is 11.5 Å². The van der Waals surface area contributed by atoms with E-state index in [4.69, 9.17) is 31.1 Å². The molecule has 0 aliphatic rings. The summed E-state index contributed by atoms with van der Waals surface area (Å²) in [5.41, 5.74) is 9.65. The standard InChI is InChI=1S/C54H45N11O29S10.2H2O/c55-47-45-31(27-41(97-91-89-69)49(53(45)67)61-57-33-1-9-37(10-2-33)95-23-21-87-93-103(81,82)83)29-43(101(75,76)77)51(47)63-59-35-5-13-39(14-6-35)99(71,72)25-18-65(17-20-66)19-26-100(73,74)40-15-7-36(8-16-40)60-64-52-44(102(78,79)80)30-32-28-42(98-92-90-70)50(54(68)46(32)48(52)56)62-58-34-3-11-38(12-4-34)96-24-22-88-94-104(84,85)86;;/h1-16,27-30,66-70H,17-20,25-26,55-56H2,(H,75,76,77)(H,78,79,80)(H,81,82,83)(H,84,85,86);2*1H2. The van der Waals surface area contributed by atoms with E-state index in [0.29, 0.717) is 9.79 Å². The van der Waals surface area contributed by atoms with Crippen LogP contribution in [0, 0.1) is 22.7 Å². The molecule has 0 spiro atoms. The molecule has 52 heteroatoms. The minimum atomic E-state index is -5.19. The molecule has 0 aliphatic heterocycles. The van der Waals surface area contributed by atoms with Crippen molar-refractivity contribution in [1.82, 2.24) is 4.90 Å².